The second-order valence-corrected chi connectivity index (χ2v) is 5.43. The summed E-state index contributed by atoms with van der Waals surface area (Å²) >= 11 is 2.22. The Morgan fingerprint density at radius 3 is 2.84 bits per heavy atom. The molecule has 0 aliphatic carbocycles. The molecule has 2 rings (SSSR count). The molecule has 1 aromatic carbocycles. The van der Waals surface area contributed by atoms with Crippen molar-refractivity contribution >= 4 is 45.4 Å². The fourth-order valence-corrected chi connectivity index (χ4v) is 2.66. The lowest BCUT2D eigenvalue weighted by atomic mass is 10.1. The molecule has 0 unspecified atom stereocenters. The van der Waals surface area contributed by atoms with Crippen LogP contribution in [-0.4, -0.2) is 28.0 Å². The van der Waals surface area contributed by atoms with Crippen LogP contribution in [0.25, 0.3) is 10.9 Å². The van der Waals surface area contributed by atoms with Crippen LogP contribution in [0.5, 0.6) is 0 Å². The van der Waals surface area contributed by atoms with E-state index < -0.39 is 12.0 Å². The van der Waals surface area contributed by atoms with E-state index in [1.54, 1.807) is 6.20 Å². The highest BCUT2D eigenvalue weighted by molar-refractivity contribution is 14.1. The van der Waals surface area contributed by atoms with E-state index >= 15 is 0 Å². The van der Waals surface area contributed by atoms with Crippen LogP contribution in [0.2, 0.25) is 0 Å². The second-order valence-electron chi connectivity index (χ2n) is 4.27. The summed E-state index contributed by atoms with van der Waals surface area (Å²) in [6.45, 7) is 1.31. The van der Waals surface area contributed by atoms with Crippen LogP contribution < -0.4 is 5.32 Å². The van der Waals surface area contributed by atoms with Crippen molar-refractivity contribution in [3.8, 4) is 0 Å². The minimum Gasteiger partial charge on any atom is -0.480 e. The molecular weight excluding hydrogens is 359 g/mol. The van der Waals surface area contributed by atoms with E-state index in [0.717, 1.165) is 20.0 Å². The molecule has 19 heavy (non-hydrogen) atoms. The molecule has 100 valence electrons. The number of benzene rings is 1. The van der Waals surface area contributed by atoms with Gasteiger partial charge in [-0.3, -0.25) is 4.79 Å². The Bertz CT molecular complexity index is 636. The predicted octanol–water partition coefficient (Wildman–Crippen LogP) is 1.90. The van der Waals surface area contributed by atoms with Crippen molar-refractivity contribution in [1.29, 1.82) is 0 Å². The third kappa shape index (κ3) is 3.06. The van der Waals surface area contributed by atoms with Gasteiger partial charge in [0.05, 0.1) is 5.52 Å². The largest absolute Gasteiger partial charge is 0.480 e. The van der Waals surface area contributed by atoms with E-state index in [2.05, 4.69) is 32.9 Å². The van der Waals surface area contributed by atoms with Crippen LogP contribution in [0.15, 0.2) is 24.4 Å². The second kappa shape index (κ2) is 5.60. The zero-order valence-corrected chi connectivity index (χ0v) is 12.4. The molecule has 5 nitrogen and oxygen atoms in total. The fraction of sp³-hybridized carbons (Fsp3) is 0.231. The summed E-state index contributed by atoms with van der Waals surface area (Å²) < 4.78 is 1.08. The molecule has 1 amide bonds. The molecular formula is C13H13IN2O3. The number of rotatable bonds is 4. The number of hydrogen-bond donors (Lipinski definition) is 3. The number of hydrogen-bond acceptors (Lipinski definition) is 2. The maximum atomic E-state index is 11.1. The molecule has 0 bridgehead atoms. The Morgan fingerprint density at radius 2 is 2.21 bits per heavy atom. The first-order valence-corrected chi connectivity index (χ1v) is 6.81. The minimum absolute atomic E-state index is 0.259. The topological polar surface area (TPSA) is 82.2 Å². The first kappa shape index (κ1) is 13.9. The summed E-state index contributed by atoms with van der Waals surface area (Å²) in [4.78, 5) is 25.3. The maximum absolute atomic E-state index is 11.1. The zero-order chi connectivity index (χ0) is 14.0. The third-order valence-corrected chi connectivity index (χ3v) is 3.75. The summed E-state index contributed by atoms with van der Waals surface area (Å²) in [6, 6.07) is 4.94. The number of carboxylic acids is 1. The highest BCUT2D eigenvalue weighted by atomic mass is 127. The smallest absolute Gasteiger partial charge is 0.326 e. The lowest BCUT2D eigenvalue weighted by molar-refractivity contribution is -0.141. The number of para-hydroxylation sites is 1. The van der Waals surface area contributed by atoms with Crippen molar-refractivity contribution in [2.45, 2.75) is 19.4 Å². The van der Waals surface area contributed by atoms with E-state index in [1.165, 1.54) is 6.92 Å². The van der Waals surface area contributed by atoms with Gasteiger partial charge in [0.25, 0.3) is 0 Å². The minimum atomic E-state index is -1.03. The molecule has 0 saturated heterocycles. The quantitative estimate of drug-likeness (QED) is 0.718. The van der Waals surface area contributed by atoms with Crippen molar-refractivity contribution in [2.24, 2.45) is 0 Å². The number of halogens is 1. The van der Waals surface area contributed by atoms with Crippen LogP contribution in [0.3, 0.4) is 0 Å². The number of aromatic nitrogens is 1. The van der Waals surface area contributed by atoms with Crippen LogP contribution in [-0.2, 0) is 16.0 Å². The van der Waals surface area contributed by atoms with Gasteiger partial charge < -0.3 is 15.4 Å². The standard InChI is InChI=1S/C13H13IN2O3/c1-7(17)16-11(13(18)19)5-8-6-15-12-9(8)3-2-4-10(12)14/h2-4,6,11,15H,5H2,1H3,(H,16,17)(H,18,19)/t11-/m0/s1. The van der Waals surface area contributed by atoms with Crippen molar-refractivity contribution in [2.75, 3.05) is 0 Å². The number of carbonyl (C=O) groups excluding carboxylic acids is 1. The van der Waals surface area contributed by atoms with Crippen molar-refractivity contribution in [3.05, 3.63) is 33.5 Å². The van der Waals surface area contributed by atoms with Gasteiger partial charge in [0.1, 0.15) is 6.04 Å². The lowest BCUT2D eigenvalue weighted by Gasteiger charge is -2.12. The van der Waals surface area contributed by atoms with Gasteiger partial charge in [0, 0.05) is 28.5 Å². The van der Waals surface area contributed by atoms with E-state index in [1.807, 2.05) is 18.2 Å². The lowest BCUT2D eigenvalue weighted by Crippen LogP contribution is -2.41. The molecule has 2 aromatic rings. The van der Waals surface area contributed by atoms with Gasteiger partial charge in [0.2, 0.25) is 5.91 Å². The first-order valence-electron chi connectivity index (χ1n) is 5.73. The summed E-state index contributed by atoms with van der Waals surface area (Å²) in [5.41, 5.74) is 1.87. The number of carboxylic acid groups (broad SMARTS) is 1. The maximum Gasteiger partial charge on any atom is 0.326 e. The van der Waals surface area contributed by atoms with Crippen LogP contribution in [0.4, 0.5) is 0 Å². The molecule has 0 fully saturated rings. The number of fused-ring (bicyclic) bond motifs is 1. The number of nitrogens with one attached hydrogen (secondary N) is 2. The highest BCUT2D eigenvalue weighted by Gasteiger charge is 2.20. The Labute approximate surface area is 123 Å². The average molecular weight is 372 g/mol. The number of aromatic amines is 1. The van der Waals surface area contributed by atoms with E-state index in [9.17, 15) is 9.59 Å². The summed E-state index contributed by atoms with van der Waals surface area (Å²) in [6.07, 6.45) is 2.06. The molecule has 0 radical (unpaired) electrons. The fourth-order valence-electron chi connectivity index (χ4n) is 2.01. The zero-order valence-electron chi connectivity index (χ0n) is 10.2. The molecule has 0 saturated carbocycles. The van der Waals surface area contributed by atoms with Gasteiger partial charge in [-0.15, -0.1) is 0 Å². The first-order chi connectivity index (χ1) is 8.99. The summed E-state index contributed by atoms with van der Waals surface area (Å²) in [5.74, 6) is -1.38. The Kier molecular flexibility index (Phi) is 4.08. The van der Waals surface area contributed by atoms with Crippen LogP contribution in [0, 0.1) is 3.57 Å². The van der Waals surface area contributed by atoms with Gasteiger partial charge in [-0.1, -0.05) is 12.1 Å². The highest BCUT2D eigenvalue weighted by Crippen LogP contribution is 2.23. The monoisotopic (exact) mass is 372 g/mol. The van der Waals surface area contributed by atoms with Crippen LogP contribution >= 0.6 is 22.6 Å². The van der Waals surface area contributed by atoms with Gasteiger partial charge >= 0.3 is 5.97 Å². The number of carbonyl (C=O) groups is 2. The SMILES string of the molecule is CC(=O)N[C@@H](Cc1c[nH]c2c(I)cccc12)C(=O)O. The molecule has 0 aliphatic rings. The van der Waals surface area contributed by atoms with Crippen molar-refractivity contribution in [3.63, 3.8) is 0 Å². The van der Waals surface area contributed by atoms with E-state index in [0.29, 0.717) is 0 Å². The number of aliphatic carboxylic acids is 1. The molecule has 0 spiro atoms. The molecule has 1 heterocycles. The van der Waals surface area contributed by atoms with Gasteiger partial charge in [-0.05, 0) is 34.2 Å². The van der Waals surface area contributed by atoms with E-state index in [4.69, 9.17) is 5.11 Å². The van der Waals surface area contributed by atoms with Gasteiger partial charge in [-0.25, -0.2) is 4.79 Å². The Hall–Kier alpha value is -1.57. The average Bonchev–Trinajstić information content (AvgIpc) is 2.72. The van der Waals surface area contributed by atoms with Crippen LogP contribution in [0.1, 0.15) is 12.5 Å². The molecule has 3 N–H and O–H groups in total. The summed E-state index contributed by atoms with van der Waals surface area (Å²) in [7, 11) is 0. The number of amides is 1. The van der Waals surface area contributed by atoms with Gasteiger partial charge in [-0.2, -0.15) is 0 Å². The summed E-state index contributed by atoms with van der Waals surface area (Å²) in [5, 5.41) is 12.6. The normalized spacial score (nSPS) is 12.3. The van der Waals surface area contributed by atoms with Gasteiger partial charge in [0.15, 0.2) is 0 Å². The molecule has 1 aromatic heterocycles. The number of H-pyrrole nitrogens is 1. The third-order valence-electron chi connectivity index (χ3n) is 2.85. The van der Waals surface area contributed by atoms with Crippen molar-refractivity contribution in [1.82, 2.24) is 10.3 Å². The van der Waals surface area contributed by atoms with E-state index in [-0.39, 0.29) is 12.3 Å². The Balaban J connectivity index is 2.31. The molecule has 0 aliphatic heterocycles. The van der Waals surface area contributed by atoms with Crippen molar-refractivity contribution < 1.29 is 14.7 Å². The predicted molar refractivity (Wildman–Crippen MR) is 80.0 cm³/mol. The molecule has 6 heteroatoms. The Morgan fingerprint density at radius 1 is 1.47 bits per heavy atom. The molecule has 1 atom stereocenters.